The molecule has 0 aliphatic carbocycles. The van der Waals surface area contributed by atoms with Crippen molar-refractivity contribution in [3.63, 3.8) is 0 Å². The summed E-state index contributed by atoms with van der Waals surface area (Å²) in [6.45, 7) is 3.12. The van der Waals surface area contributed by atoms with Crippen molar-refractivity contribution in [3.8, 4) is 0 Å². The number of nitrogens with one attached hydrogen (secondary N) is 1. The fourth-order valence-corrected chi connectivity index (χ4v) is 2.89. The summed E-state index contributed by atoms with van der Waals surface area (Å²) < 4.78 is 5.43. The van der Waals surface area contributed by atoms with Crippen LogP contribution in [0.25, 0.3) is 0 Å². The first-order chi connectivity index (χ1) is 10.1. The minimum atomic E-state index is -0.563. The highest BCUT2D eigenvalue weighted by Gasteiger charge is 2.41. The van der Waals surface area contributed by atoms with Gasteiger partial charge in [-0.3, -0.25) is 4.79 Å². The topological polar surface area (TPSA) is 58.6 Å². The number of amides is 1. The Morgan fingerprint density at radius 3 is 2.57 bits per heavy atom. The first-order valence-corrected chi connectivity index (χ1v) is 7.72. The predicted octanol–water partition coefficient (Wildman–Crippen LogP) is 2.28. The summed E-state index contributed by atoms with van der Waals surface area (Å²) in [4.78, 5) is 12.8. The van der Waals surface area contributed by atoms with Crippen LogP contribution in [0.1, 0.15) is 31.7 Å². The lowest BCUT2D eigenvalue weighted by Gasteiger charge is -2.37. The van der Waals surface area contributed by atoms with Gasteiger partial charge in [0.25, 0.3) is 0 Å². The van der Waals surface area contributed by atoms with Gasteiger partial charge in [0, 0.05) is 30.9 Å². The van der Waals surface area contributed by atoms with Crippen LogP contribution in [-0.4, -0.2) is 36.9 Å². The monoisotopic (exact) mass is 311 g/mol. The van der Waals surface area contributed by atoms with Crippen LogP contribution in [0.3, 0.4) is 0 Å². The normalized spacial score (nSPS) is 19.0. The number of hydrogen-bond donors (Lipinski definition) is 2. The molecule has 0 saturated carbocycles. The lowest BCUT2D eigenvalue weighted by molar-refractivity contribution is -0.131. The molecule has 1 heterocycles. The molecule has 1 unspecified atom stereocenters. The molecule has 0 radical (unpaired) electrons. The second-order valence-electron chi connectivity index (χ2n) is 5.59. The predicted molar refractivity (Wildman–Crippen MR) is 82.5 cm³/mol. The Morgan fingerprint density at radius 1 is 1.38 bits per heavy atom. The van der Waals surface area contributed by atoms with Crippen LogP contribution < -0.4 is 5.32 Å². The van der Waals surface area contributed by atoms with Gasteiger partial charge in [-0.25, -0.2) is 0 Å². The summed E-state index contributed by atoms with van der Waals surface area (Å²) in [5, 5.41) is 12.7. The lowest BCUT2D eigenvalue weighted by Crippen LogP contribution is -2.50. The van der Waals surface area contributed by atoms with Crippen molar-refractivity contribution in [1.82, 2.24) is 5.32 Å². The Kier molecular flexibility index (Phi) is 5.62. The van der Waals surface area contributed by atoms with Gasteiger partial charge in [-0.1, -0.05) is 23.7 Å². The van der Waals surface area contributed by atoms with E-state index in [1.807, 2.05) is 31.2 Å². The Hall–Kier alpha value is -1.10. The van der Waals surface area contributed by atoms with E-state index < -0.39 is 5.41 Å². The molecule has 2 N–H and O–H groups in total. The van der Waals surface area contributed by atoms with E-state index in [0.29, 0.717) is 37.5 Å². The highest BCUT2D eigenvalue weighted by atomic mass is 35.5. The zero-order valence-corrected chi connectivity index (χ0v) is 13.0. The molecule has 5 heteroatoms. The number of rotatable bonds is 5. The first-order valence-electron chi connectivity index (χ1n) is 7.34. The van der Waals surface area contributed by atoms with Gasteiger partial charge in [-0.15, -0.1) is 0 Å². The average molecular weight is 312 g/mol. The first kappa shape index (κ1) is 16.3. The molecule has 0 spiro atoms. The molecule has 1 atom stereocenters. The lowest BCUT2D eigenvalue weighted by atomic mass is 9.73. The van der Waals surface area contributed by atoms with E-state index in [1.165, 1.54) is 0 Å². The molecule has 1 aliphatic rings. The van der Waals surface area contributed by atoms with E-state index in [9.17, 15) is 4.79 Å². The number of aliphatic hydroxyl groups excluding tert-OH is 1. The third-order valence-corrected chi connectivity index (χ3v) is 4.37. The summed E-state index contributed by atoms with van der Waals surface area (Å²) in [6, 6.07) is 7.43. The molecular weight excluding hydrogens is 290 g/mol. The molecule has 0 bridgehead atoms. The summed E-state index contributed by atoms with van der Waals surface area (Å²) in [5.41, 5.74) is 0.413. The van der Waals surface area contributed by atoms with Crippen molar-refractivity contribution < 1.29 is 14.6 Å². The standard InChI is InChI=1S/C16H22ClNO3/c1-12(6-9-19)18-15(20)16(7-10-21-11-8-16)13-2-4-14(17)5-3-13/h2-5,12,19H,6-11H2,1H3,(H,18,20). The van der Waals surface area contributed by atoms with Crippen LogP contribution in [0, 0.1) is 0 Å². The van der Waals surface area contributed by atoms with Gasteiger partial charge in [-0.2, -0.15) is 0 Å². The largest absolute Gasteiger partial charge is 0.396 e. The van der Waals surface area contributed by atoms with E-state index in [4.69, 9.17) is 21.4 Å². The average Bonchev–Trinajstić information content (AvgIpc) is 2.48. The molecule has 1 aliphatic heterocycles. The van der Waals surface area contributed by atoms with Gasteiger partial charge < -0.3 is 15.2 Å². The van der Waals surface area contributed by atoms with Crippen molar-refractivity contribution in [1.29, 1.82) is 0 Å². The molecule has 21 heavy (non-hydrogen) atoms. The number of halogens is 1. The van der Waals surface area contributed by atoms with Crippen molar-refractivity contribution >= 4 is 17.5 Å². The van der Waals surface area contributed by atoms with Crippen LogP contribution in [0.2, 0.25) is 5.02 Å². The van der Waals surface area contributed by atoms with Crippen LogP contribution in [0.4, 0.5) is 0 Å². The highest BCUT2D eigenvalue weighted by Crippen LogP contribution is 2.35. The van der Waals surface area contributed by atoms with Gasteiger partial charge in [-0.05, 0) is 43.9 Å². The van der Waals surface area contributed by atoms with Crippen LogP contribution in [0.15, 0.2) is 24.3 Å². The van der Waals surface area contributed by atoms with E-state index in [-0.39, 0.29) is 18.6 Å². The third-order valence-electron chi connectivity index (χ3n) is 4.12. The Labute approximate surface area is 130 Å². The minimum absolute atomic E-state index is 0.00840. The number of carbonyl (C=O) groups excluding carboxylic acids is 1. The highest BCUT2D eigenvalue weighted by molar-refractivity contribution is 6.30. The number of aliphatic hydroxyl groups is 1. The molecule has 1 fully saturated rings. The number of carbonyl (C=O) groups is 1. The summed E-state index contributed by atoms with van der Waals surface area (Å²) in [5.74, 6) is 0.00840. The van der Waals surface area contributed by atoms with E-state index in [2.05, 4.69) is 5.32 Å². The van der Waals surface area contributed by atoms with E-state index >= 15 is 0 Å². The minimum Gasteiger partial charge on any atom is -0.396 e. The fourth-order valence-electron chi connectivity index (χ4n) is 2.76. The zero-order chi connectivity index (χ0) is 15.3. The summed E-state index contributed by atoms with van der Waals surface area (Å²) in [7, 11) is 0. The Bertz CT molecular complexity index is 469. The number of hydrogen-bond acceptors (Lipinski definition) is 3. The molecule has 0 aromatic heterocycles. The van der Waals surface area contributed by atoms with E-state index in [1.54, 1.807) is 0 Å². The maximum absolute atomic E-state index is 12.8. The maximum atomic E-state index is 12.8. The third kappa shape index (κ3) is 3.76. The SMILES string of the molecule is CC(CCO)NC(=O)C1(c2ccc(Cl)cc2)CCOCC1. The molecule has 2 rings (SSSR count). The molecule has 1 aromatic carbocycles. The van der Waals surface area contributed by atoms with Crippen molar-refractivity contribution in [2.24, 2.45) is 0 Å². The van der Waals surface area contributed by atoms with Gasteiger partial charge in [0.1, 0.15) is 0 Å². The Morgan fingerprint density at radius 2 is 2.00 bits per heavy atom. The second-order valence-corrected chi connectivity index (χ2v) is 6.02. The maximum Gasteiger partial charge on any atom is 0.231 e. The van der Waals surface area contributed by atoms with Crippen molar-refractivity contribution in [2.75, 3.05) is 19.8 Å². The molecule has 1 saturated heterocycles. The van der Waals surface area contributed by atoms with Gasteiger partial charge in [0.05, 0.1) is 5.41 Å². The van der Waals surface area contributed by atoms with Gasteiger partial charge in [0.2, 0.25) is 5.91 Å². The van der Waals surface area contributed by atoms with E-state index in [0.717, 1.165) is 5.56 Å². The molecule has 4 nitrogen and oxygen atoms in total. The van der Waals surface area contributed by atoms with Crippen molar-refractivity contribution in [3.05, 3.63) is 34.9 Å². The quantitative estimate of drug-likeness (QED) is 0.877. The molecule has 1 amide bonds. The number of ether oxygens (including phenoxy) is 1. The van der Waals surface area contributed by atoms with Crippen LogP contribution in [0.5, 0.6) is 0 Å². The smallest absolute Gasteiger partial charge is 0.231 e. The van der Waals surface area contributed by atoms with Crippen LogP contribution in [-0.2, 0) is 14.9 Å². The van der Waals surface area contributed by atoms with Crippen molar-refractivity contribution in [2.45, 2.75) is 37.6 Å². The van der Waals surface area contributed by atoms with Crippen LogP contribution >= 0.6 is 11.6 Å². The zero-order valence-electron chi connectivity index (χ0n) is 12.3. The summed E-state index contributed by atoms with van der Waals surface area (Å²) in [6.07, 6.45) is 1.87. The fraction of sp³-hybridized carbons (Fsp3) is 0.562. The Balaban J connectivity index is 2.24. The molecule has 116 valence electrons. The van der Waals surface area contributed by atoms with Gasteiger partial charge >= 0.3 is 0 Å². The summed E-state index contributed by atoms with van der Waals surface area (Å²) >= 11 is 5.95. The number of benzene rings is 1. The molecule has 1 aromatic rings. The molecular formula is C16H22ClNO3. The second kappa shape index (κ2) is 7.25. The van der Waals surface area contributed by atoms with Gasteiger partial charge in [0.15, 0.2) is 0 Å².